The minimum absolute atomic E-state index is 0.248. The van der Waals surface area contributed by atoms with E-state index in [0.29, 0.717) is 0 Å². The standard InChI is InChI=1S/C18H25FN4O2S/c1-24-11-2-14-26-18-21-20-17(15-3-5-16(19)6-4-15)23(18)8-7-22-9-12-25-13-10-22/h3-6H,2,7-14H2,1H3. The zero-order chi connectivity index (χ0) is 18.2. The van der Waals surface area contributed by atoms with Crippen LogP contribution in [0.2, 0.25) is 0 Å². The summed E-state index contributed by atoms with van der Waals surface area (Å²) in [6, 6.07) is 6.43. The summed E-state index contributed by atoms with van der Waals surface area (Å²) >= 11 is 1.68. The van der Waals surface area contributed by atoms with Crippen molar-refractivity contribution >= 4 is 11.8 Å². The first-order chi connectivity index (χ1) is 12.8. The number of hydrogen-bond donors (Lipinski definition) is 0. The molecule has 2 aromatic rings. The molecule has 0 aliphatic carbocycles. The molecule has 0 radical (unpaired) electrons. The Hall–Kier alpha value is -1.48. The predicted octanol–water partition coefficient (Wildman–Crippen LogP) is 2.55. The maximum absolute atomic E-state index is 13.3. The van der Waals surface area contributed by atoms with Crippen LogP contribution in [-0.2, 0) is 16.0 Å². The molecular formula is C18H25FN4O2S. The summed E-state index contributed by atoms with van der Waals surface area (Å²) in [4.78, 5) is 2.39. The third-order valence-electron chi connectivity index (χ3n) is 4.29. The summed E-state index contributed by atoms with van der Waals surface area (Å²) in [5.41, 5.74) is 0.879. The van der Waals surface area contributed by atoms with Crippen molar-refractivity contribution < 1.29 is 13.9 Å². The molecule has 1 fully saturated rings. The van der Waals surface area contributed by atoms with E-state index in [2.05, 4.69) is 19.7 Å². The Morgan fingerprint density at radius 2 is 1.92 bits per heavy atom. The second-order valence-electron chi connectivity index (χ2n) is 6.11. The molecule has 0 atom stereocenters. The van der Waals surface area contributed by atoms with E-state index in [1.807, 2.05) is 0 Å². The zero-order valence-electron chi connectivity index (χ0n) is 15.1. The lowest BCUT2D eigenvalue weighted by molar-refractivity contribution is 0.0361. The molecule has 1 saturated heterocycles. The number of halogens is 1. The maximum atomic E-state index is 13.3. The monoisotopic (exact) mass is 380 g/mol. The molecule has 1 aromatic heterocycles. The average molecular weight is 380 g/mol. The molecule has 1 aliphatic rings. The summed E-state index contributed by atoms with van der Waals surface area (Å²) < 4.78 is 25.9. The van der Waals surface area contributed by atoms with Crippen LogP contribution in [0.4, 0.5) is 4.39 Å². The highest BCUT2D eigenvalue weighted by molar-refractivity contribution is 7.99. The van der Waals surface area contributed by atoms with Crippen LogP contribution >= 0.6 is 11.8 Å². The molecule has 8 heteroatoms. The van der Waals surface area contributed by atoms with Gasteiger partial charge >= 0.3 is 0 Å². The number of morpholine rings is 1. The molecule has 0 unspecified atom stereocenters. The van der Waals surface area contributed by atoms with Crippen LogP contribution in [0.15, 0.2) is 29.4 Å². The minimum Gasteiger partial charge on any atom is -0.385 e. The van der Waals surface area contributed by atoms with Crippen molar-refractivity contribution in [2.45, 2.75) is 18.1 Å². The largest absolute Gasteiger partial charge is 0.385 e. The topological polar surface area (TPSA) is 52.4 Å². The van der Waals surface area contributed by atoms with E-state index < -0.39 is 0 Å². The van der Waals surface area contributed by atoms with Gasteiger partial charge in [0.1, 0.15) is 5.82 Å². The van der Waals surface area contributed by atoms with Gasteiger partial charge in [0.2, 0.25) is 0 Å². The number of hydrogen-bond acceptors (Lipinski definition) is 6. The first-order valence-corrected chi connectivity index (χ1v) is 9.87. The van der Waals surface area contributed by atoms with Crippen LogP contribution in [0.1, 0.15) is 6.42 Å². The second-order valence-corrected chi connectivity index (χ2v) is 7.18. The Kier molecular flexibility index (Phi) is 7.43. The van der Waals surface area contributed by atoms with E-state index in [-0.39, 0.29) is 5.82 Å². The molecule has 1 aliphatic heterocycles. The highest BCUT2D eigenvalue weighted by atomic mass is 32.2. The first-order valence-electron chi connectivity index (χ1n) is 8.89. The molecule has 2 heterocycles. The Morgan fingerprint density at radius 1 is 1.15 bits per heavy atom. The third kappa shape index (κ3) is 5.26. The SMILES string of the molecule is COCCCSc1nnc(-c2ccc(F)cc2)n1CCN1CCOCC1. The van der Waals surface area contributed by atoms with Crippen LogP contribution in [0.3, 0.4) is 0 Å². The van der Waals surface area contributed by atoms with Crippen molar-refractivity contribution in [2.24, 2.45) is 0 Å². The highest BCUT2D eigenvalue weighted by Crippen LogP contribution is 2.24. The van der Waals surface area contributed by atoms with Gasteiger partial charge < -0.3 is 14.0 Å². The number of methoxy groups -OCH3 is 1. The number of benzene rings is 1. The molecule has 0 spiro atoms. The zero-order valence-corrected chi connectivity index (χ0v) is 15.9. The fourth-order valence-corrected chi connectivity index (χ4v) is 3.72. The minimum atomic E-state index is -0.248. The van der Waals surface area contributed by atoms with E-state index in [4.69, 9.17) is 9.47 Å². The maximum Gasteiger partial charge on any atom is 0.191 e. The normalized spacial score (nSPS) is 15.5. The molecular weight excluding hydrogens is 355 g/mol. The summed E-state index contributed by atoms with van der Waals surface area (Å²) in [5.74, 6) is 1.46. The Balaban J connectivity index is 1.74. The molecule has 3 rings (SSSR count). The smallest absolute Gasteiger partial charge is 0.191 e. The number of thioether (sulfide) groups is 1. The lowest BCUT2D eigenvalue weighted by atomic mass is 10.2. The van der Waals surface area contributed by atoms with Gasteiger partial charge in [-0.15, -0.1) is 10.2 Å². The average Bonchev–Trinajstić information content (AvgIpc) is 3.08. The lowest BCUT2D eigenvalue weighted by Gasteiger charge is -2.27. The van der Waals surface area contributed by atoms with Crippen molar-refractivity contribution in [1.29, 1.82) is 0 Å². The fraction of sp³-hybridized carbons (Fsp3) is 0.556. The molecule has 0 bridgehead atoms. The van der Waals surface area contributed by atoms with Crippen LogP contribution in [0.5, 0.6) is 0 Å². The highest BCUT2D eigenvalue weighted by Gasteiger charge is 2.17. The van der Waals surface area contributed by atoms with E-state index in [0.717, 1.165) is 74.7 Å². The van der Waals surface area contributed by atoms with Gasteiger partial charge in [0.25, 0.3) is 0 Å². The van der Waals surface area contributed by atoms with Crippen LogP contribution in [0.25, 0.3) is 11.4 Å². The van der Waals surface area contributed by atoms with Gasteiger partial charge in [0, 0.05) is 51.2 Å². The van der Waals surface area contributed by atoms with Gasteiger partial charge in [-0.05, 0) is 30.7 Å². The second kappa shape index (κ2) is 10.0. The fourth-order valence-electron chi connectivity index (χ4n) is 2.84. The van der Waals surface area contributed by atoms with Crippen molar-refractivity contribution in [3.8, 4) is 11.4 Å². The number of ether oxygens (including phenoxy) is 2. The summed E-state index contributed by atoms with van der Waals surface area (Å²) in [6.45, 7) is 5.92. The van der Waals surface area contributed by atoms with Crippen LogP contribution in [-0.4, -0.2) is 72.0 Å². The van der Waals surface area contributed by atoms with Gasteiger partial charge in [-0.3, -0.25) is 4.90 Å². The van der Waals surface area contributed by atoms with Gasteiger partial charge in [-0.25, -0.2) is 4.39 Å². The summed E-state index contributed by atoms with van der Waals surface area (Å²) in [7, 11) is 1.71. The quantitative estimate of drug-likeness (QED) is 0.492. The van der Waals surface area contributed by atoms with Crippen molar-refractivity contribution in [1.82, 2.24) is 19.7 Å². The van der Waals surface area contributed by atoms with Crippen molar-refractivity contribution in [3.05, 3.63) is 30.1 Å². The van der Waals surface area contributed by atoms with Crippen LogP contribution in [0, 0.1) is 5.82 Å². The molecule has 0 amide bonds. The molecule has 1 aromatic carbocycles. The molecule has 0 N–H and O–H groups in total. The molecule has 142 valence electrons. The Bertz CT molecular complexity index is 674. The number of aromatic nitrogens is 3. The molecule has 0 saturated carbocycles. The Labute approximate surface area is 157 Å². The first kappa shape index (κ1) is 19.3. The van der Waals surface area contributed by atoms with E-state index in [1.54, 1.807) is 31.0 Å². The van der Waals surface area contributed by atoms with Gasteiger partial charge in [0.05, 0.1) is 13.2 Å². The lowest BCUT2D eigenvalue weighted by Crippen LogP contribution is -2.38. The predicted molar refractivity (Wildman–Crippen MR) is 99.9 cm³/mol. The number of nitrogens with zero attached hydrogens (tertiary/aromatic N) is 4. The van der Waals surface area contributed by atoms with Gasteiger partial charge in [0.15, 0.2) is 11.0 Å². The Morgan fingerprint density at radius 3 is 2.65 bits per heavy atom. The third-order valence-corrected chi connectivity index (χ3v) is 5.34. The van der Waals surface area contributed by atoms with Gasteiger partial charge in [-0.1, -0.05) is 11.8 Å². The number of rotatable bonds is 9. The van der Waals surface area contributed by atoms with Gasteiger partial charge in [-0.2, -0.15) is 0 Å². The van der Waals surface area contributed by atoms with Crippen LogP contribution < -0.4 is 0 Å². The van der Waals surface area contributed by atoms with E-state index >= 15 is 0 Å². The van der Waals surface area contributed by atoms with E-state index in [1.165, 1.54) is 12.1 Å². The molecule has 26 heavy (non-hydrogen) atoms. The van der Waals surface area contributed by atoms with E-state index in [9.17, 15) is 4.39 Å². The summed E-state index contributed by atoms with van der Waals surface area (Å²) in [6.07, 6.45) is 0.962. The molecule has 6 nitrogen and oxygen atoms in total. The summed E-state index contributed by atoms with van der Waals surface area (Å²) in [5, 5.41) is 9.65. The van der Waals surface area contributed by atoms with Crippen molar-refractivity contribution in [2.75, 3.05) is 52.3 Å². The van der Waals surface area contributed by atoms with Crippen molar-refractivity contribution in [3.63, 3.8) is 0 Å².